The quantitative estimate of drug-likeness (QED) is 0.833. The number of aryl methyl sites for hydroxylation is 1. The van der Waals surface area contributed by atoms with Crippen molar-refractivity contribution in [2.75, 3.05) is 26.7 Å². The second kappa shape index (κ2) is 9.05. The highest BCUT2D eigenvalue weighted by Crippen LogP contribution is 2.27. The van der Waals surface area contributed by atoms with Crippen molar-refractivity contribution < 1.29 is 9.53 Å². The van der Waals surface area contributed by atoms with E-state index >= 15 is 0 Å². The van der Waals surface area contributed by atoms with Gasteiger partial charge >= 0.3 is 0 Å². The van der Waals surface area contributed by atoms with E-state index < -0.39 is 0 Å². The maximum atomic E-state index is 12.7. The number of ether oxygens (including phenoxy) is 1. The number of carbonyl (C=O) groups is 1. The molecule has 0 saturated carbocycles. The predicted octanol–water partition coefficient (Wildman–Crippen LogP) is 4.21. The number of likely N-dealkylation sites (tertiary alicyclic amines) is 1. The van der Waals surface area contributed by atoms with Gasteiger partial charge in [-0.05, 0) is 56.5 Å². The van der Waals surface area contributed by atoms with Crippen molar-refractivity contribution in [1.82, 2.24) is 10.2 Å². The molecule has 1 aliphatic heterocycles. The normalized spacial score (nSPS) is 16.7. The molecule has 4 heteroatoms. The van der Waals surface area contributed by atoms with Crippen molar-refractivity contribution >= 4 is 5.91 Å². The standard InChI is InChI=1S/C23H30N2O2/c1-17-8-10-19(11-9-17)21(25-14-12-18(2)13-15-25)16-24-23(26)20-6-4-5-7-22(20)27-3/h4-11,18,21H,12-16H2,1-3H3,(H,24,26). The van der Waals surface area contributed by atoms with Gasteiger partial charge in [0, 0.05) is 6.54 Å². The lowest BCUT2D eigenvalue weighted by molar-refractivity contribution is 0.0910. The van der Waals surface area contributed by atoms with Gasteiger partial charge in [0.25, 0.3) is 5.91 Å². The number of amides is 1. The van der Waals surface area contributed by atoms with Gasteiger partial charge in [-0.1, -0.05) is 48.9 Å². The summed E-state index contributed by atoms with van der Waals surface area (Å²) in [5.74, 6) is 1.30. The first kappa shape index (κ1) is 19.4. The lowest BCUT2D eigenvalue weighted by atomic mass is 9.95. The highest BCUT2D eigenvalue weighted by atomic mass is 16.5. The number of nitrogens with one attached hydrogen (secondary N) is 1. The van der Waals surface area contributed by atoms with Crippen LogP contribution in [0, 0.1) is 12.8 Å². The van der Waals surface area contributed by atoms with Crippen LogP contribution in [0.25, 0.3) is 0 Å². The van der Waals surface area contributed by atoms with Crippen molar-refractivity contribution in [3.05, 3.63) is 65.2 Å². The molecule has 0 aliphatic carbocycles. The molecule has 144 valence electrons. The van der Waals surface area contributed by atoms with Crippen LogP contribution in [0.2, 0.25) is 0 Å². The van der Waals surface area contributed by atoms with Gasteiger partial charge in [-0.25, -0.2) is 0 Å². The molecule has 1 aliphatic rings. The van der Waals surface area contributed by atoms with Gasteiger partial charge in [0.15, 0.2) is 0 Å². The van der Waals surface area contributed by atoms with Gasteiger partial charge in [0.2, 0.25) is 0 Å². The maximum absolute atomic E-state index is 12.7. The smallest absolute Gasteiger partial charge is 0.255 e. The van der Waals surface area contributed by atoms with Crippen molar-refractivity contribution in [2.45, 2.75) is 32.7 Å². The Morgan fingerprint density at radius 2 is 1.81 bits per heavy atom. The van der Waals surface area contributed by atoms with Gasteiger partial charge in [0.1, 0.15) is 5.75 Å². The Morgan fingerprint density at radius 3 is 2.48 bits per heavy atom. The van der Waals surface area contributed by atoms with E-state index in [-0.39, 0.29) is 11.9 Å². The Hall–Kier alpha value is -2.33. The second-order valence-electron chi connectivity index (χ2n) is 7.56. The summed E-state index contributed by atoms with van der Waals surface area (Å²) in [5.41, 5.74) is 3.09. The number of hydrogen-bond acceptors (Lipinski definition) is 3. The average molecular weight is 367 g/mol. The summed E-state index contributed by atoms with van der Waals surface area (Å²) in [6.45, 7) is 7.16. The van der Waals surface area contributed by atoms with E-state index in [9.17, 15) is 4.79 Å². The molecule has 1 unspecified atom stereocenters. The van der Waals surface area contributed by atoms with E-state index in [1.807, 2.05) is 18.2 Å². The van der Waals surface area contributed by atoms with E-state index in [0.717, 1.165) is 19.0 Å². The molecule has 27 heavy (non-hydrogen) atoms. The van der Waals surface area contributed by atoms with Gasteiger partial charge in [-0.3, -0.25) is 9.69 Å². The number of methoxy groups -OCH3 is 1. The van der Waals surface area contributed by atoms with E-state index in [4.69, 9.17) is 4.74 Å². The van der Waals surface area contributed by atoms with Gasteiger partial charge in [0.05, 0.1) is 18.7 Å². The van der Waals surface area contributed by atoms with Crippen molar-refractivity contribution in [3.8, 4) is 5.75 Å². The Balaban J connectivity index is 1.75. The third kappa shape index (κ3) is 4.89. The van der Waals surface area contributed by atoms with E-state index in [1.54, 1.807) is 13.2 Å². The molecular formula is C23H30N2O2. The highest BCUT2D eigenvalue weighted by molar-refractivity contribution is 5.96. The summed E-state index contributed by atoms with van der Waals surface area (Å²) in [5, 5.41) is 3.13. The maximum Gasteiger partial charge on any atom is 0.255 e. The third-order valence-electron chi connectivity index (χ3n) is 5.53. The second-order valence-corrected chi connectivity index (χ2v) is 7.56. The summed E-state index contributed by atoms with van der Waals surface area (Å²) < 4.78 is 5.33. The number of para-hydroxylation sites is 1. The zero-order valence-electron chi connectivity index (χ0n) is 16.6. The number of carbonyl (C=O) groups excluding carboxylic acids is 1. The summed E-state index contributed by atoms with van der Waals surface area (Å²) in [7, 11) is 1.59. The molecule has 1 N–H and O–H groups in total. The SMILES string of the molecule is COc1ccccc1C(=O)NCC(c1ccc(C)cc1)N1CCC(C)CC1. The van der Waals surface area contributed by atoms with Gasteiger partial charge in [-0.15, -0.1) is 0 Å². The molecule has 1 atom stereocenters. The van der Waals surface area contributed by atoms with E-state index in [1.165, 1.54) is 24.0 Å². The fourth-order valence-corrected chi connectivity index (χ4v) is 3.70. The third-order valence-corrected chi connectivity index (χ3v) is 5.53. The molecule has 0 bridgehead atoms. The van der Waals surface area contributed by atoms with Gasteiger partial charge < -0.3 is 10.1 Å². The minimum absolute atomic E-state index is 0.0880. The lowest BCUT2D eigenvalue weighted by Gasteiger charge is -2.37. The van der Waals surface area contributed by atoms with Crippen LogP contribution in [0.4, 0.5) is 0 Å². The first-order valence-electron chi connectivity index (χ1n) is 9.80. The summed E-state index contributed by atoms with van der Waals surface area (Å²) >= 11 is 0. The van der Waals surface area contributed by atoms with Crippen LogP contribution in [-0.2, 0) is 0 Å². The molecule has 1 amide bonds. The topological polar surface area (TPSA) is 41.6 Å². The number of nitrogens with zero attached hydrogens (tertiary/aromatic N) is 1. The molecule has 2 aromatic rings. The predicted molar refractivity (Wildman–Crippen MR) is 109 cm³/mol. The first-order chi connectivity index (χ1) is 13.1. The van der Waals surface area contributed by atoms with Crippen molar-refractivity contribution in [2.24, 2.45) is 5.92 Å². The Bertz CT molecular complexity index is 749. The highest BCUT2D eigenvalue weighted by Gasteiger charge is 2.25. The van der Waals surface area contributed by atoms with Crippen molar-refractivity contribution in [3.63, 3.8) is 0 Å². The number of rotatable bonds is 6. The van der Waals surface area contributed by atoms with E-state index in [0.29, 0.717) is 17.9 Å². The minimum Gasteiger partial charge on any atom is -0.496 e. The summed E-state index contributed by atoms with van der Waals surface area (Å²) in [6, 6.07) is 16.2. The molecule has 1 saturated heterocycles. The zero-order valence-corrected chi connectivity index (χ0v) is 16.6. The number of benzene rings is 2. The summed E-state index contributed by atoms with van der Waals surface area (Å²) in [4.78, 5) is 15.2. The first-order valence-corrected chi connectivity index (χ1v) is 9.80. The number of piperidine rings is 1. The van der Waals surface area contributed by atoms with Crippen LogP contribution in [0.1, 0.15) is 47.3 Å². The fourth-order valence-electron chi connectivity index (χ4n) is 3.70. The largest absolute Gasteiger partial charge is 0.496 e. The molecular weight excluding hydrogens is 336 g/mol. The molecule has 1 heterocycles. The Labute approximate surface area is 162 Å². The van der Waals surface area contributed by atoms with Crippen LogP contribution in [-0.4, -0.2) is 37.6 Å². The minimum atomic E-state index is -0.0880. The van der Waals surface area contributed by atoms with Gasteiger partial charge in [-0.2, -0.15) is 0 Å². The van der Waals surface area contributed by atoms with Crippen LogP contribution < -0.4 is 10.1 Å². The van der Waals surface area contributed by atoms with Crippen LogP contribution in [0.5, 0.6) is 5.75 Å². The van der Waals surface area contributed by atoms with Crippen LogP contribution >= 0.6 is 0 Å². The number of hydrogen-bond donors (Lipinski definition) is 1. The Kier molecular flexibility index (Phi) is 6.51. The molecule has 0 aromatic heterocycles. The van der Waals surface area contributed by atoms with Crippen molar-refractivity contribution in [1.29, 1.82) is 0 Å². The molecule has 1 fully saturated rings. The fraction of sp³-hybridized carbons (Fsp3) is 0.435. The van der Waals surface area contributed by atoms with Crippen LogP contribution in [0.3, 0.4) is 0 Å². The lowest BCUT2D eigenvalue weighted by Crippen LogP contribution is -2.42. The molecule has 0 radical (unpaired) electrons. The summed E-state index contributed by atoms with van der Waals surface area (Å²) in [6.07, 6.45) is 2.42. The molecule has 4 nitrogen and oxygen atoms in total. The monoisotopic (exact) mass is 366 g/mol. The van der Waals surface area contributed by atoms with Crippen LogP contribution in [0.15, 0.2) is 48.5 Å². The average Bonchev–Trinajstić information content (AvgIpc) is 2.70. The zero-order chi connectivity index (χ0) is 19.2. The molecule has 3 rings (SSSR count). The Morgan fingerprint density at radius 1 is 1.15 bits per heavy atom. The molecule has 0 spiro atoms. The van der Waals surface area contributed by atoms with E-state index in [2.05, 4.69) is 48.3 Å². The molecule has 2 aromatic carbocycles.